The quantitative estimate of drug-likeness (QED) is 0.902. The molecule has 2 nitrogen and oxygen atoms in total. The van der Waals surface area contributed by atoms with E-state index in [2.05, 4.69) is 48.4 Å². The molecule has 1 atom stereocenters. The molecular weight excluding hydrogens is 240 g/mol. The van der Waals surface area contributed by atoms with Gasteiger partial charge in [0.1, 0.15) is 0 Å². The molecule has 2 rings (SSSR count). The van der Waals surface area contributed by atoms with Crippen molar-refractivity contribution in [3.05, 3.63) is 51.5 Å². The van der Waals surface area contributed by atoms with E-state index in [0.29, 0.717) is 5.92 Å². The van der Waals surface area contributed by atoms with Gasteiger partial charge in [0.05, 0.1) is 11.0 Å². The van der Waals surface area contributed by atoms with Gasteiger partial charge in [-0.3, -0.25) is 0 Å². The summed E-state index contributed by atoms with van der Waals surface area (Å²) < 4.78 is 0. The number of hydrogen-bond donors (Lipinski definition) is 1. The number of thiazole rings is 1. The van der Waals surface area contributed by atoms with Crippen molar-refractivity contribution in [3.8, 4) is 0 Å². The fourth-order valence-electron chi connectivity index (χ4n) is 2.06. The molecule has 0 fully saturated rings. The predicted octanol–water partition coefficient (Wildman–Crippen LogP) is 3.88. The van der Waals surface area contributed by atoms with Gasteiger partial charge in [-0.05, 0) is 31.0 Å². The van der Waals surface area contributed by atoms with Crippen LogP contribution in [-0.2, 0) is 0 Å². The molecule has 1 aromatic heterocycles. The smallest absolute Gasteiger partial charge is 0.0897 e. The van der Waals surface area contributed by atoms with Crippen molar-refractivity contribution in [3.63, 3.8) is 0 Å². The van der Waals surface area contributed by atoms with Gasteiger partial charge in [0.2, 0.25) is 0 Å². The Hall–Kier alpha value is -1.19. The number of nitrogens with zero attached hydrogens (tertiary/aromatic N) is 1. The standard InChI is InChI=1S/C15H20N2S/c1-10(2)12-5-7-13(8-6-12)15(16-4)14-9-17-11(3)18-14/h5-10,15-16H,1-4H3. The summed E-state index contributed by atoms with van der Waals surface area (Å²) in [7, 11) is 2.00. The van der Waals surface area contributed by atoms with Crippen molar-refractivity contribution in [1.29, 1.82) is 0 Å². The van der Waals surface area contributed by atoms with E-state index < -0.39 is 0 Å². The molecule has 1 unspecified atom stereocenters. The van der Waals surface area contributed by atoms with Crippen molar-refractivity contribution >= 4 is 11.3 Å². The summed E-state index contributed by atoms with van der Waals surface area (Å²) in [6.07, 6.45) is 1.97. The molecule has 0 saturated carbocycles. The molecule has 0 saturated heterocycles. The summed E-state index contributed by atoms with van der Waals surface area (Å²) in [5.41, 5.74) is 2.68. The monoisotopic (exact) mass is 260 g/mol. The molecule has 0 radical (unpaired) electrons. The van der Waals surface area contributed by atoms with E-state index >= 15 is 0 Å². The number of nitrogens with one attached hydrogen (secondary N) is 1. The molecule has 0 spiro atoms. The second kappa shape index (κ2) is 5.63. The maximum absolute atomic E-state index is 4.34. The Labute approximate surface area is 113 Å². The summed E-state index contributed by atoms with van der Waals surface area (Å²) >= 11 is 1.75. The molecule has 3 heteroatoms. The third kappa shape index (κ3) is 2.79. The molecular formula is C15H20N2S. The fraction of sp³-hybridized carbons (Fsp3) is 0.400. The highest BCUT2D eigenvalue weighted by atomic mass is 32.1. The van der Waals surface area contributed by atoms with Crippen LogP contribution in [0, 0.1) is 6.92 Å². The Bertz CT molecular complexity index is 499. The molecule has 0 amide bonds. The zero-order valence-corrected chi connectivity index (χ0v) is 12.2. The lowest BCUT2D eigenvalue weighted by molar-refractivity contribution is 0.701. The summed E-state index contributed by atoms with van der Waals surface area (Å²) in [4.78, 5) is 5.61. The SMILES string of the molecule is CNC(c1ccc(C(C)C)cc1)c1cnc(C)s1. The zero-order chi connectivity index (χ0) is 13.1. The third-order valence-corrected chi connectivity index (χ3v) is 4.13. The summed E-state index contributed by atoms with van der Waals surface area (Å²) in [5, 5.41) is 4.48. The Balaban J connectivity index is 2.28. The van der Waals surface area contributed by atoms with Crippen LogP contribution in [0.5, 0.6) is 0 Å². The van der Waals surface area contributed by atoms with Gasteiger partial charge in [0, 0.05) is 11.1 Å². The fourth-order valence-corrected chi connectivity index (χ4v) is 2.98. The van der Waals surface area contributed by atoms with Crippen LogP contribution in [0.3, 0.4) is 0 Å². The molecule has 1 N–H and O–H groups in total. The first-order valence-electron chi connectivity index (χ1n) is 6.31. The van der Waals surface area contributed by atoms with E-state index in [1.807, 2.05) is 20.2 Å². The first kappa shape index (κ1) is 13.2. The summed E-state index contributed by atoms with van der Waals surface area (Å²) in [6.45, 7) is 6.48. The number of aryl methyl sites for hydroxylation is 1. The van der Waals surface area contributed by atoms with Gasteiger partial charge in [-0.25, -0.2) is 4.98 Å². The maximum atomic E-state index is 4.34. The number of aromatic nitrogens is 1. The minimum absolute atomic E-state index is 0.248. The molecule has 18 heavy (non-hydrogen) atoms. The van der Waals surface area contributed by atoms with Crippen LogP contribution in [-0.4, -0.2) is 12.0 Å². The van der Waals surface area contributed by atoms with Gasteiger partial charge in [-0.2, -0.15) is 0 Å². The lowest BCUT2D eigenvalue weighted by atomic mass is 9.99. The lowest BCUT2D eigenvalue weighted by Gasteiger charge is -2.15. The molecule has 0 bridgehead atoms. The average Bonchev–Trinajstić information content (AvgIpc) is 2.77. The van der Waals surface area contributed by atoms with Gasteiger partial charge in [0.25, 0.3) is 0 Å². The van der Waals surface area contributed by atoms with Gasteiger partial charge in [-0.15, -0.1) is 11.3 Å². The van der Waals surface area contributed by atoms with Crippen molar-refractivity contribution < 1.29 is 0 Å². The molecule has 96 valence electrons. The molecule has 0 aliphatic rings. The van der Waals surface area contributed by atoms with Gasteiger partial charge < -0.3 is 5.32 Å². The second-order valence-corrected chi connectivity index (χ2v) is 6.09. The van der Waals surface area contributed by atoms with E-state index in [1.54, 1.807) is 11.3 Å². The normalized spacial score (nSPS) is 12.9. The minimum Gasteiger partial charge on any atom is -0.309 e. The second-order valence-electron chi connectivity index (χ2n) is 4.82. The maximum Gasteiger partial charge on any atom is 0.0897 e. The number of benzene rings is 1. The van der Waals surface area contributed by atoms with E-state index in [0.717, 1.165) is 5.01 Å². The van der Waals surface area contributed by atoms with Crippen LogP contribution in [0.4, 0.5) is 0 Å². The lowest BCUT2D eigenvalue weighted by Crippen LogP contribution is -2.16. The average molecular weight is 260 g/mol. The third-order valence-electron chi connectivity index (χ3n) is 3.15. The van der Waals surface area contributed by atoms with Crippen LogP contribution in [0.2, 0.25) is 0 Å². The topological polar surface area (TPSA) is 24.9 Å². The minimum atomic E-state index is 0.248. The Morgan fingerprint density at radius 1 is 1.11 bits per heavy atom. The van der Waals surface area contributed by atoms with Crippen LogP contribution < -0.4 is 5.32 Å². The Morgan fingerprint density at radius 2 is 1.72 bits per heavy atom. The number of hydrogen-bond acceptors (Lipinski definition) is 3. The predicted molar refractivity (Wildman–Crippen MR) is 78.3 cm³/mol. The van der Waals surface area contributed by atoms with E-state index in [9.17, 15) is 0 Å². The molecule has 0 aliphatic carbocycles. The highest BCUT2D eigenvalue weighted by molar-refractivity contribution is 7.11. The van der Waals surface area contributed by atoms with Crippen LogP contribution in [0.15, 0.2) is 30.5 Å². The zero-order valence-electron chi connectivity index (χ0n) is 11.4. The first-order valence-corrected chi connectivity index (χ1v) is 7.13. The van der Waals surface area contributed by atoms with Crippen molar-refractivity contribution in [2.24, 2.45) is 0 Å². The van der Waals surface area contributed by atoms with Crippen LogP contribution in [0.1, 0.15) is 46.8 Å². The first-order chi connectivity index (χ1) is 8.61. The largest absolute Gasteiger partial charge is 0.309 e. The van der Waals surface area contributed by atoms with Crippen molar-refractivity contribution in [2.75, 3.05) is 7.05 Å². The molecule has 1 heterocycles. The van der Waals surface area contributed by atoms with Crippen LogP contribution >= 0.6 is 11.3 Å². The van der Waals surface area contributed by atoms with Crippen molar-refractivity contribution in [2.45, 2.75) is 32.7 Å². The Kier molecular flexibility index (Phi) is 4.15. The van der Waals surface area contributed by atoms with Crippen molar-refractivity contribution in [1.82, 2.24) is 10.3 Å². The van der Waals surface area contributed by atoms with Gasteiger partial charge >= 0.3 is 0 Å². The summed E-state index contributed by atoms with van der Waals surface area (Å²) in [6, 6.07) is 9.12. The van der Waals surface area contributed by atoms with E-state index in [-0.39, 0.29) is 6.04 Å². The van der Waals surface area contributed by atoms with Gasteiger partial charge in [-0.1, -0.05) is 38.1 Å². The summed E-state index contributed by atoms with van der Waals surface area (Å²) in [5.74, 6) is 0.581. The Morgan fingerprint density at radius 3 is 2.17 bits per heavy atom. The molecule has 1 aromatic carbocycles. The van der Waals surface area contributed by atoms with E-state index in [1.165, 1.54) is 16.0 Å². The highest BCUT2D eigenvalue weighted by Gasteiger charge is 2.14. The number of rotatable bonds is 4. The molecule has 2 aromatic rings. The van der Waals surface area contributed by atoms with E-state index in [4.69, 9.17) is 0 Å². The van der Waals surface area contributed by atoms with Gasteiger partial charge in [0.15, 0.2) is 0 Å². The highest BCUT2D eigenvalue weighted by Crippen LogP contribution is 2.27. The van der Waals surface area contributed by atoms with Crippen LogP contribution in [0.25, 0.3) is 0 Å². The molecule has 0 aliphatic heterocycles.